The minimum Gasteiger partial charge on any atom is -0.308 e. The first-order chi connectivity index (χ1) is 10.5. The third-order valence-corrected chi connectivity index (χ3v) is 3.72. The summed E-state index contributed by atoms with van der Waals surface area (Å²) in [7, 11) is 0. The Balaban J connectivity index is 1.97. The van der Waals surface area contributed by atoms with Crippen LogP contribution in [0.3, 0.4) is 0 Å². The van der Waals surface area contributed by atoms with Crippen LogP contribution in [0.5, 0.6) is 0 Å². The molecule has 0 bridgehead atoms. The van der Waals surface area contributed by atoms with E-state index in [-0.39, 0.29) is 11.8 Å². The van der Waals surface area contributed by atoms with Crippen molar-refractivity contribution in [2.75, 3.05) is 5.32 Å². The van der Waals surface area contributed by atoms with Gasteiger partial charge in [-0.05, 0) is 35.4 Å². The van der Waals surface area contributed by atoms with Crippen LogP contribution in [0.25, 0.3) is 22.0 Å². The number of aromatic amines is 1. The fourth-order valence-electron chi connectivity index (χ4n) is 2.22. The fraction of sp³-hybridized carbons (Fsp3) is 0.176. The summed E-state index contributed by atoms with van der Waals surface area (Å²) in [6, 6.07) is 13.6. The number of H-pyrrole nitrogens is 1. The standard InChI is InChI=1S/C17H16ClN3O/c1-10(2)17(22)19-16-14-7-6-12(9-15(14)20-21-16)11-4-3-5-13(18)8-11/h3-10H,1-2H3,(H2,19,20,21,22). The lowest BCUT2D eigenvalue weighted by Gasteiger charge is -2.05. The van der Waals surface area contributed by atoms with Crippen LogP contribution >= 0.6 is 11.6 Å². The molecule has 0 saturated heterocycles. The third-order valence-electron chi connectivity index (χ3n) is 3.49. The van der Waals surface area contributed by atoms with Gasteiger partial charge in [0.15, 0.2) is 5.82 Å². The van der Waals surface area contributed by atoms with Crippen molar-refractivity contribution in [1.82, 2.24) is 10.2 Å². The molecule has 0 aliphatic rings. The van der Waals surface area contributed by atoms with Crippen molar-refractivity contribution in [3.8, 4) is 11.1 Å². The molecular weight excluding hydrogens is 298 g/mol. The second-order valence-electron chi connectivity index (χ2n) is 5.49. The smallest absolute Gasteiger partial charge is 0.228 e. The van der Waals surface area contributed by atoms with Gasteiger partial charge in [-0.2, -0.15) is 5.10 Å². The Morgan fingerprint density at radius 2 is 1.95 bits per heavy atom. The van der Waals surface area contributed by atoms with E-state index >= 15 is 0 Å². The van der Waals surface area contributed by atoms with E-state index in [1.807, 2.05) is 56.3 Å². The highest BCUT2D eigenvalue weighted by atomic mass is 35.5. The molecule has 4 nitrogen and oxygen atoms in total. The van der Waals surface area contributed by atoms with Gasteiger partial charge in [0.1, 0.15) is 0 Å². The number of hydrogen-bond donors (Lipinski definition) is 2. The minimum atomic E-state index is -0.0857. The summed E-state index contributed by atoms with van der Waals surface area (Å²) in [6.45, 7) is 3.70. The highest BCUT2D eigenvalue weighted by molar-refractivity contribution is 6.30. The first-order valence-electron chi connectivity index (χ1n) is 7.09. The molecule has 112 valence electrons. The summed E-state index contributed by atoms with van der Waals surface area (Å²) in [5.74, 6) is 0.427. The Bertz CT molecular complexity index is 839. The van der Waals surface area contributed by atoms with E-state index in [1.54, 1.807) is 0 Å². The molecule has 0 atom stereocenters. The van der Waals surface area contributed by atoms with Gasteiger partial charge in [-0.25, -0.2) is 0 Å². The number of nitrogens with one attached hydrogen (secondary N) is 2. The van der Waals surface area contributed by atoms with Crippen LogP contribution in [0, 0.1) is 5.92 Å². The number of rotatable bonds is 3. The Hall–Kier alpha value is -2.33. The first kappa shape index (κ1) is 14.6. The Kier molecular flexibility index (Phi) is 3.86. The molecule has 3 aromatic rings. The molecule has 0 radical (unpaired) electrons. The minimum absolute atomic E-state index is 0.0488. The summed E-state index contributed by atoms with van der Waals surface area (Å²) in [5, 5.41) is 11.6. The topological polar surface area (TPSA) is 57.8 Å². The van der Waals surface area contributed by atoms with Crippen molar-refractivity contribution in [3.05, 3.63) is 47.5 Å². The van der Waals surface area contributed by atoms with Gasteiger partial charge in [-0.1, -0.05) is 43.6 Å². The van der Waals surface area contributed by atoms with E-state index in [0.717, 1.165) is 22.0 Å². The maximum absolute atomic E-state index is 11.8. The normalized spacial score (nSPS) is 11.1. The zero-order valence-corrected chi connectivity index (χ0v) is 13.1. The summed E-state index contributed by atoms with van der Waals surface area (Å²) in [6.07, 6.45) is 0. The van der Waals surface area contributed by atoms with Crippen LogP contribution in [-0.4, -0.2) is 16.1 Å². The van der Waals surface area contributed by atoms with E-state index in [1.165, 1.54) is 0 Å². The largest absolute Gasteiger partial charge is 0.308 e. The van der Waals surface area contributed by atoms with Gasteiger partial charge in [0.05, 0.1) is 5.52 Å². The summed E-state index contributed by atoms with van der Waals surface area (Å²) in [5.41, 5.74) is 2.95. The molecule has 1 amide bonds. The average molecular weight is 314 g/mol. The zero-order valence-electron chi connectivity index (χ0n) is 12.4. The molecule has 0 fully saturated rings. The van der Waals surface area contributed by atoms with Crippen molar-refractivity contribution in [1.29, 1.82) is 0 Å². The molecule has 1 aromatic heterocycles. The molecule has 0 saturated carbocycles. The molecule has 22 heavy (non-hydrogen) atoms. The fourth-order valence-corrected chi connectivity index (χ4v) is 2.41. The average Bonchev–Trinajstić information content (AvgIpc) is 2.89. The molecule has 5 heteroatoms. The molecule has 2 aromatic carbocycles. The Labute approximate surface area is 133 Å². The SMILES string of the molecule is CC(C)C(=O)Nc1n[nH]c2cc(-c3cccc(Cl)c3)ccc12. The van der Waals surface area contributed by atoms with Crippen molar-refractivity contribution < 1.29 is 4.79 Å². The van der Waals surface area contributed by atoms with Crippen LogP contribution in [0.1, 0.15) is 13.8 Å². The van der Waals surface area contributed by atoms with Crippen molar-refractivity contribution >= 4 is 34.2 Å². The maximum atomic E-state index is 11.8. The number of halogens is 1. The van der Waals surface area contributed by atoms with Crippen LogP contribution in [0.4, 0.5) is 5.82 Å². The third kappa shape index (κ3) is 2.83. The van der Waals surface area contributed by atoms with Gasteiger partial charge < -0.3 is 5.32 Å². The summed E-state index contributed by atoms with van der Waals surface area (Å²) in [4.78, 5) is 11.8. The molecular formula is C17H16ClN3O. The van der Waals surface area contributed by atoms with Gasteiger partial charge >= 0.3 is 0 Å². The van der Waals surface area contributed by atoms with Gasteiger partial charge in [-0.15, -0.1) is 0 Å². The number of carbonyl (C=O) groups excluding carboxylic acids is 1. The number of aromatic nitrogens is 2. The molecule has 3 rings (SSSR count). The molecule has 0 aliphatic carbocycles. The maximum Gasteiger partial charge on any atom is 0.228 e. The Morgan fingerprint density at radius 1 is 1.18 bits per heavy atom. The van der Waals surface area contributed by atoms with Crippen molar-refractivity contribution in [2.24, 2.45) is 5.92 Å². The second-order valence-corrected chi connectivity index (χ2v) is 5.92. The van der Waals surface area contributed by atoms with E-state index in [0.29, 0.717) is 10.8 Å². The van der Waals surface area contributed by atoms with E-state index < -0.39 is 0 Å². The monoisotopic (exact) mass is 313 g/mol. The molecule has 2 N–H and O–H groups in total. The highest BCUT2D eigenvalue weighted by Crippen LogP contribution is 2.28. The molecule has 0 spiro atoms. The zero-order chi connectivity index (χ0) is 15.7. The van der Waals surface area contributed by atoms with Gasteiger partial charge in [-0.3, -0.25) is 9.89 Å². The number of carbonyl (C=O) groups is 1. The molecule has 0 unspecified atom stereocenters. The van der Waals surface area contributed by atoms with Gasteiger partial charge in [0, 0.05) is 16.3 Å². The van der Waals surface area contributed by atoms with Crippen LogP contribution in [0.15, 0.2) is 42.5 Å². The number of benzene rings is 2. The quantitative estimate of drug-likeness (QED) is 0.749. The van der Waals surface area contributed by atoms with Crippen LogP contribution < -0.4 is 5.32 Å². The van der Waals surface area contributed by atoms with E-state index in [9.17, 15) is 4.79 Å². The molecule has 0 aliphatic heterocycles. The number of nitrogens with zero attached hydrogens (tertiary/aromatic N) is 1. The first-order valence-corrected chi connectivity index (χ1v) is 7.47. The number of anilines is 1. The highest BCUT2D eigenvalue weighted by Gasteiger charge is 2.12. The van der Waals surface area contributed by atoms with Crippen molar-refractivity contribution in [2.45, 2.75) is 13.8 Å². The predicted molar refractivity (Wildman–Crippen MR) is 90.0 cm³/mol. The Morgan fingerprint density at radius 3 is 2.68 bits per heavy atom. The number of fused-ring (bicyclic) bond motifs is 1. The van der Waals surface area contributed by atoms with E-state index in [4.69, 9.17) is 11.6 Å². The van der Waals surface area contributed by atoms with E-state index in [2.05, 4.69) is 15.5 Å². The number of amides is 1. The number of hydrogen-bond acceptors (Lipinski definition) is 2. The van der Waals surface area contributed by atoms with Crippen LogP contribution in [0.2, 0.25) is 5.02 Å². The summed E-state index contributed by atoms with van der Waals surface area (Å²) >= 11 is 6.04. The molecule has 1 heterocycles. The second kappa shape index (κ2) is 5.81. The van der Waals surface area contributed by atoms with Gasteiger partial charge in [0.2, 0.25) is 5.91 Å². The van der Waals surface area contributed by atoms with Crippen LogP contribution in [-0.2, 0) is 4.79 Å². The lowest BCUT2D eigenvalue weighted by atomic mass is 10.0. The lowest BCUT2D eigenvalue weighted by Crippen LogP contribution is -2.18. The van der Waals surface area contributed by atoms with Gasteiger partial charge in [0.25, 0.3) is 0 Å². The lowest BCUT2D eigenvalue weighted by molar-refractivity contribution is -0.118. The summed E-state index contributed by atoms with van der Waals surface area (Å²) < 4.78 is 0. The van der Waals surface area contributed by atoms with Crippen molar-refractivity contribution in [3.63, 3.8) is 0 Å². The predicted octanol–water partition coefficient (Wildman–Crippen LogP) is 4.48.